The smallest absolute Gasteiger partial charge is 0.410 e. The molecule has 2 N–H and O–H groups in total. The quantitative estimate of drug-likeness (QED) is 0.318. The second kappa shape index (κ2) is 12.7. The van der Waals surface area contributed by atoms with E-state index in [1.54, 1.807) is 33.0 Å². The Morgan fingerprint density at radius 1 is 1.17 bits per heavy atom. The fourth-order valence-electron chi connectivity index (χ4n) is 4.70. The van der Waals surface area contributed by atoms with Crippen LogP contribution in [-0.4, -0.2) is 80.1 Å². The summed E-state index contributed by atoms with van der Waals surface area (Å²) in [5.74, 6) is 1.28. The van der Waals surface area contributed by atoms with E-state index >= 15 is 0 Å². The van der Waals surface area contributed by atoms with Crippen LogP contribution < -0.4 is 19.5 Å². The first kappa shape index (κ1) is 31.9. The molecule has 3 aromatic rings. The summed E-state index contributed by atoms with van der Waals surface area (Å²) in [6, 6.07) is 6.60. The number of hydrogen-bond donors (Lipinski definition) is 2. The number of sulfonamides is 1. The maximum absolute atomic E-state index is 12.9. The van der Waals surface area contributed by atoms with E-state index in [1.165, 1.54) is 12.0 Å². The Morgan fingerprint density at radius 3 is 2.52 bits per heavy atom. The Labute approximate surface area is 255 Å². The molecule has 0 aliphatic carbocycles. The highest BCUT2D eigenvalue weighted by atomic mass is 35.5. The lowest BCUT2D eigenvalue weighted by molar-refractivity contribution is 0.0228. The third-order valence-corrected chi connectivity index (χ3v) is 7.92. The lowest BCUT2D eigenvalue weighted by atomic mass is 10.0. The second-order valence-corrected chi connectivity index (χ2v) is 13.6. The lowest BCUT2D eigenvalue weighted by Crippen LogP contribution is -2.45. The van der Waals surface area contributed by atoms with Crippen molar-refractivity contribution >= 4 is 56.2 Å². The normalized spacial score (nSPS) is 17.4. The molecule has 0 bridgehead atoms. The maximum atomic E-state index is 12.9. The summed E-state index contributed by atoms with van der Waals surface area (Å²) in [5.41, 5.74) is 1.30. The molecule has 228 valence electrons. The molecule has 1 fully saturated rings. The number of fused-ring (bicyclic) bond motifs is 1. The predicted octanol–water partition coefficient (Wildman–Crippen LogP) is 5.35. The molecule has 0 spiro atoms. The zero-order valence-corrected chi connectivity index (χ0v) is 26.7. The summed E-state index contributed by atoms with van der Waals surface area (Å²) in [7, 11) is -1.91. The van der Waals surface area contributed by atoms with Crippen molar-refractivity contribution in [3.8, 4) is 22.6 Å². The highest BCUT2D eigenvalue weighted by Gasteiger charge is 2.38. The van der Waals surface area contributed by atoms with Crippen molar-refractivity contribution in [1.29, 1.82) is 0 Å². The predicted molar refractivity (Wildman–Crippen MR) is 164 cm³/mol. The van der Waals surface area contributed by atoms with Crippen molar-refractivity contribution in [3.63, 3.8) is 0 Å². The van der Waals surface area contributed by atoms with Gasteiger partial charge in [-0.25, -0.2) is 27.9 Å². The Morgan fingerprint density at radius 2 is 1.88 bits per heavy atom. The van der Waals surface area contributed by atoms with Crippen LogP contribution in [0.2, 0.25) is 10.0 Å². The molecule has 14 heteroatoms. The van der Waals surface area contributed by atoms with Crippen molar-refractivity contribution in [3.05, 3.63) is 40.5 Å². The zero-order valence-electron chi connectivity index (χ0n) is 24.3. The number of rotatable bonds is 9. The average Bonchev–Trinajstić information content (AvgIpc) is 3.31. The van der Waals surface area contributed by atoms with E-state index in [-0.39, 0.29) is 12.6 Å². The summed E-state index contributed by atoms with van der Waals surface area (Å²) in [6.07, 6.45) is 2.72. The van der Waals surface area contributed by atoms with Crippen molar-refractivity contribution in [2.24, 2.45) is 0 Å². The van der Waals surface area contributed by atoms with Gasteiger partial charge in [0.15, 0.2) is 0 Å². The number of likely N-dealkylation sites (tertiary alicyclic amines) is 1. The van der Waals surface area contributed by atoms with Gasteiger partial charge in [-0.3, -0.25) is 0 Å². The monoisotopic (exact) mass is 639 g/mol. The summed E-state index contributed by atoms with van der Waals surface area (Å²) < 4.78 is 42.6. The highest BCUT2D eigenvalue weighted by Crippen LogP contribution is 2.46. The van der Waals surface area contributed by atoms with Crippen LogP contribution in [0.5, 0.6) is 11.5 Å². The van der Waals surface area contributed by atoms with Crippen LogP contribution in [0.25, 0.3) is 22.0 Å². The van der Waals surface area contributed by atoms with Crippen molar-refractivity contribution in [2.45, 2.75) is 51.8 Å². The van der Waals surface area contributed by atoms with Gasteiger partial charge in [0.25, 0.3) is 0 Å². The largest absolute Gasteiger partial charge is 0.495 e. The lowest BCUT2D eigenvalue weighted by Gasteiger charge is -2.28. The molecule has 11 nitrogen and oxygen atoms in total. The Hall–Kier alpha value is -3.06. The van der Waals surface area contributed by atoms with E-state index < -0.39 is 27.8 Å². The molecule has 42 heavy (non-hydrogen) atoms. The third kappa shape index (κ3) is 7.66. The molecule has 2 aromatic carbocycles. The van der Waals surface area contributed by atoms with E-state index in [4.69, 9.17) is 37.4 Å². The van der Waals surface area contributed by atoms with Crippen LogP contribution in [0.15, 0.2) is 30.5 Å². The number of nitrogens with one attached hydrogen (secondary N) is 2. The topological polar surface area (TPSA) is 132 Å². The molecule has 0 unspecified atom stereocenters. The minimum absolute atomic E-state index is 0.0675. The van der Waals surface area contributed by atoms with E-state index in [9.17, 15) is 13.2 Å². The SMILES string of the molecule is CCOc1cc(OC)c(Cl)c(-c2ccc3nc(N[C@H]4C[C@@H](CNS(C)(=O)=O)N(C(=O)OC(C)(C)C)C4)ncc3c2)c1Cl. The Kier molecular flexibility index (Phi) is 9.61. The number of ether oxygens (including phenoxy) is 3. The fraction of sp³-hybridized carbons (Fsp3) is 0.464. The van der Waals surface area contributed by atoms with Crippen LogP contribution in [0.3, 0.4) is 0 Å². The van der Waals surface area contributed by atoms with Gasteiger partial charge in [0.2, 0.25) is 16.0 Å². The summed E-state index contributed by atoms with van der Waals surface area (Å²) in [5, 5.41) is 4.77. The van der Waals surface area contributed by atoms with Crippen LogP contribution >= 0.6 is 23.2 Å². The molecule has 0 radical (unpaired) electrons. The minimum atomic E-state index is -3.44. The Bertz CT molecular complexity index is 1580. The first-order valence-electron chi connectivity index (χ1n) is 13.4. The summed E-state index contributed by atoms with van der Waals surface area (Å²) in [4.78, 5) is 23.6. The Balaban J connectivity index is 1.57. The molecule has 0 saturated carbocycles. The number of halogens is 2. The van der Waals surface area contributed by atoms with Gasteiger partial charge >= 0.3 is 6.09 Å². The van der Waals surface area contributed by atoms with Crippen molar-refractivity contribution in [1.82, 2.24) is 19.6 Å². The molecule has 4 rings (SSSR count). The van der Waals surface area contributed by atoms with Crippen molar-refractivity contribution in [2.75, 3.05) is 38.4 Å². The van der Waals surface area contributed by atoms with Gasteiger partial charge in [0, 0.05) is 42.3 Å². The molecule has 2 atom stereocenters. The number of amides is 1. The van der Waals surface area contributed by atoms with Crippen LogP contribution in [-0.2, 0) is 14.8 Å². The van der Waals surface area contributed by atoms with E-state index in [0.717, 1.165) is 17.2 Å². The maximum Gasteiger partial charge on any atom is 0.410 e. The molecular weight excluding hydrogens is 605 g/mol. The van der Waals surface area contributed by atoms with E-state index in [0.29, 0.717) is 58.1 Å². The van der Waals surface area contributed by atoms with Crippen molar-refractivity contribution < 1.29 is 27.4 Å². The number of hydrogen-bond acceptors (Lipinski definition) is 9. The number of aromatic nitrogens is 2. The number of methoxy groups -OCH3 is 1. The van der Waals surface area contributed by atoms with Gasteiger partial charge in [0.1, 0.15) is 17.1 Å². The molecule has 1 aliphatic rings. The first-order chi connectivity index (χ1) is 19.7. The number of anilines is 1. The zero-order chi connectivity index (χ0) is 30.8. The number of carbonyl (C=O) groups excluding carboxylic acids is 1. The molecule has 2 heterocycles. The number of carbonyl (C=O) groups is 1. The molecule has 1 saturated heterocycles. The average molecular weight is 641 g/mol. The third-order valence-electron chi connectivity index (χ3n) is 6.48. The molecule has 1 aliphatic heterocycles. The molecule has 1 amide bonds. The minimum Gasteiger partial charge on any atom is -0.495 e. The standard InChI is InChI=1S/C28H35Cl2N5O6S/c1-7-40-22-12-21(39-5)24(29)23(25(22)30)16-8-9-20-17(10-16)13-31-26(34-20)33-18-11-19(14-32-42(6,37)38)35(15-18)27(36)41-28(2,3)4/h8-10,12-13,18-19,32H,7,11,14-15H2,1-6H3,(H,31,33,34)/t18-,19-/m0/s1. The van der Waals surface area contributed by atoms with Gasteiger partial charge in [-0.05, 0) is 51.8 Å². The summed E-state index contributed by atoms with van der Waals surface area (Å²) in [6.45, 7) is 7.99. The van der Waals surface area contributed by atoms with Gasteiger partial charge < -0.3 is 24.4 Å². The second-order valence-electron chi connectivity index (χ2n) is 11.0. The number of benzene rings is 2. The molecule has 1 aromatic heterocycles. The van der Waals surface area contributed by atoms with Crippen LogP contribution in [0, 0.1) is 0 Å². The fourth-order valence-corrected chi connectivity index (χ4v) is 5.89. The highest BCUT2D eigenvalue weighted by molar-refractivity contribution is 7.88. The summed E-state index contributed by atoms with van der Waals surface area (Å²) >= 11 is 13.3. The van der Waals surface area contributed by atoms with Gasteiger partial charge in [0.05, 0.1) is 41.6 Å². The van der Waals surface area contributed by atoms with E-state index in [1.807, 2.05) is 25.1 Å². The van der Waals surface area contributed by atoms with E-state index in [2.05, 4.69) is 20.0 Å². The molecular formula is C28H35Cl2N5O6S. The number of nitrogens with zero attached hydrogens (tertiary/aromatic N) is 3. The first-order valence-corrected chi connectivity index (χ1v) is 16.0. The van der Waals surface area contributed by atoms with Gasteiger partial charge in [-0.2, -0.15) is 0 Å². The van der Waals surface area contributed by atoms with Gasteiger partial charge in [-0.1, -0.05) is 29.3 Å². The van der Waals surface area contributed by atoms with Crippen LogP contribution in [0.4, 0.5) is 10.7 Å². The van der Waals surface area contributed by atoms with Crippen LogP contribution in [0.1, 0.15) is 34.1 Å². The van der Waals surface area contributed by atoms with Gasteiger partial charge in [-0.15, -0.1) is 0 Å².